The molecule has 1 aromatic rings. The third-order valence-electron chi connectivity index (χ3n) is 13.6. The van der Waals surface area contributed by atoms with Gasteiger partial charge in [-0.3, -0.25) is 57.5 Å². The topological polar surface area (TPSA) is 489 Å². The molecule has 19 N–H and O–H groups in total. The number of nitrogens with one attached hydrogen (secondary N) is 9. The molecule has 0 saturated carbocycles. The number of benzene rings is 1. The highest BCUT2D eigenvalue weighted by Gasteiger charge is 2.39. The smallest absolute Gasteiger partial charge is 0.326 e. The Morgan fingerprint density at radius 2 is 0.855 bits per heavy atom. The molecule has 0 aliphatic heterocycles. The molecule has 0 spiro atoms. The molecule has 1 rings (SSSR count). The first-order valence-corrected chi connectivity index (χ1v) is 27.5. The Bertz CT molecular complexity index is 2440. The van der Waals surface area contributed by atoms with E-state index in [1.807, 2.05) is 6.92 Å². The van der Waals surface area contributed by atoms with Crippen molar-refractivity contribution in [3.63, 3.8) is 0 Å². The van der Waals surface area contributed by atoms with Crippen LogP contribution in [-0.4, -0.2) is 164 Å². The number of aliphatic hydroxyl groups is 1. The van der Waals surface area contributed by atoms with Gasteiger partial charge in [0.25, 0.3) is 0 Å². The molecule has 29 heteroatoms. The predicted octanol–water partition coefficient (Wildman–Crippen LogP) is -2.84. The van der Waals surface area contributed by atoms with Crippen molar-refractivity contribution in [2.75, 3.05) is 0 Å². The number of phenolic OH excluding ortho intramolecular Hbond substituents is 1. The van der Waals surface area contributed by atoms with Gasteiger partial charge in [0.15, 0.2) is 0 Å². The number of carbonyl (C=O) groups is 13. The summed E-state index contributed by atoms with van der Waals surface area (Å²) >= 11 is 0. The zero-order valence-corrected chi connectivity index (χ0v) is 49.0. The maximum Gasteiger partial charge on any atom is 0.326 e. The zero-order valence-electron chi connectivity index (χ0n) is 49.0. The Balaban J connectivity index is 3.62. The number of aromatic hydroxyl groups is 1. The molecule has 83 heavy (non-hydrogen) atoms. The number of carboxylic acid groups (broad SMARTS) is 2. The Morgan fingerprint density at radius 3 is 1.30 bits per heavy atom. The number of aliphatic hydroxyl groups excluding tert-OH is 1. The van der Waals surface area contributed by atoms with E-state index in [9.17, 15) is 82.8 Å². The van der Waals surface area contributed by atoms with Gasteiger partial charge in [0, 0.05) is 12.8 Å². The van der Waals surface area contributed by atoms with Crippen molar-refractivity contribution < 1.29 is 82.8 Å². The lowest BCUT2D eigenvalue weighted by molar-refractivity contribution is -0.144. The van der Waals surface area contributed by atoms with Crippen LogP contribution in [0.2, 0.25) is 0 Å². The minimum atomic E-state index is -2.01. The van der Waals surface area contributed by atoms with Crippen molar-refractivity contribution in [1.82, 2.24) is 47.9 Å². The van der Waals surface area contributed by atoms with Crippen LogP contribution in [0.1, 0.15) is 127 Å². The van der Waals surface area contributed by atoms with Crippen molar-refractivity contribution in [3.05, 3.63) is 29.8 Å². The van der Waals surface area contributed by atoms with Gasteiger partial charge in [-0.25, -0.2) is 4.79 Å². The fourth-order valence-electron chi connectivity index (χ4n) is 8.15. The summed E-state index contributed by atoms with van der Waals surface area (Å²) in [7, 11) is 0. The van der Waals surface area contributed by atoms with Crippen LogP contribution in [0.15, 0.2) is 24.3 Å². The molecular formula is C54H88N12O17. The van der Waals surface area contributed by atoms with Crippen molar-refractivity contribution >= 4 is 76.9 Å². The molecule has 0 bridgehead atoms. The van der Waals surface area contributed by atoms with Gasteiger partial charge < -0.3 is 85.5 Å². The highest BCUT2D eigenvalue weighted by molar-refractivity contribution is 6.00. The van der Waals surface area contributed by atoms with Gasteiger partial charge in [-0.2, -0.15) is 0 Å². The molecule has 0 heterocycles. The number of amides is 11. The van der Waals surface area contributed by atoms with Crippen molar-refractivity contribution in [3.8, 4) is 5.75 Å². The largest absolute Gasteiger partial charge is 0.508 e. The second-order valence-corrected chi connectivity index (χ2v) is 21.9. The first kappa shape index (κ1) is 73.1. The first-order chi connectivity index (χ1) is 38.5. The monoisotopic (exact) mass is 1180 g/mol. The van der Waals surface area contributed by atoms with E-state index in [2.05, 4.69) is 47.9 Å². The second kappa shape index (κ2) is 35.1. The first-order valence-electron chi connectivity index (χ1n) is 27.5. The molecule has 0 aromatic heterocycles. The van der Waals surface area contributed by atoms with Crippen LogP contribution >= 0.6 is 0 Å². The van der Waals surface area contributed by atoms with E-state index in [0.29, 0.717) is 12.0 Å². The summed E-state index contributed by atoms with van der Waals surface area (Å²) in [4.78, 5) is 173. The molecular weight excluding hydrogens is 1090 g/mol. The van der Waals surface area contributed by atoms with Crippen LogP contribution < -0.4 is 65.1 Å². The van der Waals surface area contributed by atoms with Crippen LogP contribution in [-0.2, 0) is 68.7 Å². The van der Waals surface area contributed by atoms with E-state index >= 15 is 0 Å². The number of carboxylic acids is 2. The molecule has 0 unspecified atom stereocenters. The maximum atomic E-state index is 14.3. The second-order valence-electron chi connectivity index (χ2n) is 21.9. The lowest BCUT2D eigenvalue weighted by atomic mass is 9.95. The van der Waals surface area contributed by atoms with E-state index in [0.717, 1.165) is 0 Å². The Labute approximate surface area is 482 Å². The fraction of sp³-hybridized carbons (Fsp3) is 0.648. The van der Waals surface area contributed by atoms with E-state index in [1.54, 1.807) is 34.6 Å². The lowest BCUT2D eigenvalue weighted by Crippen LogP contribution is -2.63. The van der Waals surface area contributed by atoms with Gasteiger partial charge in [0.2, 0.25) is 65.0 Å². The highest BCUT2D eigenvalue weighted by atomic mass is 16.4. The van der Waals surface area contributed by atoms with E-state index in [4.69, 9.17) is 17.2 Å². The quantitative estimate of drug-likeness (QED) is 0.0319. The fourth-order valence-corrected chi connectivity index (χ4v) is 8.15. The summed E-state index contributed by atoms with van der Waals surface area (Å²) in [6.45, 7) is 17.6. The van der Waals surface area contributed by atoms with Crippen LogP contribution in [0.3, 0.4) is 0 Å². The number of phenols is 1. The normalized spacial score (nSPS) is 16.0. The summed E-state index contributed by atoms with van der Waals surface area (Å²) in [6.07, 6.45) is -4.29. The van der Waals surface area contributed by atoms with Crippen LogP contribution in [0, 0.1) is 29.6 Å². The average molecular weight is 1180 g/mol. The molecule has 1 aromatic carbocycles. The molecule has 0 fully saturated rings. The Morgan fingerprint density at radius 1 is 0.470 bits per heavy atom. The predicted molar refractivity (Wildman–Crippen MR) is 299 cm³/mol. The van der Waals surface area contributed by atoms with E-state index < -0.39 is 187 Å². The van der Waals surface area contributed by atoms with Crippen molar-refractivity contribution in [2.45, 2.75) is 194 Å². The van der Waals surface area contributed by atoms with Gasteiger partial charge in [0.1, 0.15) is 60.1 Å². The molecule has 0 radical (unpaired) electrons. The zero-order chi connectivity index (χ0) is 63.7. The third-order valence-corrected chi connectivity index (χ3v) is 13.6. The summed E-state index contributed by atoms with van der Waals surface area (Å²) in [5.41, 5.74) is 17.5. The number of hydrogen-bond acceptors (Lipinski definition) is 16. The minimum absolute atomic E-state index is 0.0929. The van der Waals surface area contributed by atoms with Crippen molar-refractivity contribution in [1.29, 1.82) is 0 Å². The Hall–Kier alpha value is -7.95. The molecule has 0 aliphatic rings. The molecule has 29 nitrogen and oxygen atoms in total. The lowest BCUT2D eigenvalue weighted by Gasteiger charge is -2.31. The summed E-state index contributed by atoms with van der Waals surface area (Å²) in [6, 6.07) is -10.1. The summed E-state index contributed by atoms with van der Waals surface area (Å²) < 4.78 is 0. The molecule has 0 aliphatic carbocycles. The number of rotatable bonds is 37. The minimum Gasteiger partial charge on any atom is -0.508 e. The summed E-state index contributed by atoms with van der Waals surface area (Å²) in [5, 5.41) is 61.2. The third kappa shape index (κ3) is 25.4. The molecule has 466 valence electrons. The van der Waals surface area contributed by atoms with Crippen LogP contribution in [0.4, 0.5) is 0 Å². The number of carbonyl (C=O) groups excluding carboxylic acids is 11. The number of nitrogens with two attached hydrogens (primary N) is 3. The van der Waals surface area contributed by atoms with Gasteiger partial charge in [0.05, 0.1) is 25.0 Å². The van der Waals surface area contributed by atoms with Gasteiger partial charge in [-0.1, -0.05) is 94.2 Å². The van der Waals surface area contributed by atoms with Gasteiger partial charge in [-0.05, 0) is 67.1 Å². The van der Waals surface area contributed by atoms with E-state index in [1.165, 1.54) is 58.9 Å². The standard InChI is InChI=1S/C54H88N12O17/c1-12-27(9)40(57)50(78)62-33(20-24(3)4)46(74)59-34(21-30-14-16-31(68)17-15-30)47(75)58-32(18-19-39(71)72)45(73)60-35(22-37(55)69)48(76)61-36(23-38(56)70)49(77)63-41(25(5)6)51(79)65-43(28(10)13-2)52(80)66-44(29(11)67)53(81)64-42(26(7)8)54(82)83/h14-17,24-29,32-36,40-44,67-68H,12-13,18-23,57H2,1-11H3,(H2,55,69)(H2,56,70)(H,58,75)(H,59,74)(H,60,73)(H,61,76)(H,62,78)(H,63,77)(H,64,81)(H,65,79)(H,66,80)(H,71,72)(H,82,83)/t27-,28-,29+,32-,33-,34-,35-,36-,40-,41-,42-,43-,44-/m0/s1. The summed E-state index contributed by atoms with van der Waals surface area (Å²) in [5.74, 6) is -17.1. The van der Waals surface area contributed by atoms with Gasteiger partial charge >= 0.3 is 11.9 Å². The molecule has 13 atom stereocenters. The van der Waals surface area contributed by atoms with Crippen LogP contribution in [0.25, 0.3) is 0 Å². The average Bonchev–Trinajstić information content (AvgIpc) is 3.61. The van der Waals surface area contributed by atoms with Crippen LogP contribution in [0.5, 0.6) is 5.75 Å². The molecule has 11 amide bonds. The van der Waals surface area contributed by atoms with Crippen molar-refractivity contribution in [2.24, 2.45) is 46.8 Å². The SMILES string of the molecule is CC[C@H](C)[C@H](N)C(=O)N[C@@H](CC(C)C)C(=O)N[C@@H](Cc1ccc(O)cc1)C(=O)N[C@@H](CCC(=O)O)C(=O)N[C@@H](CC(N)=O)C(=O)N[C@@H](CC(N)=O)C(=O)N[C@H](C(=O)N[C@H](C(=O)N[C@H](C(=O)N[C@H](C(=O)O)C(C)C)[C@@H](C)O)[C@@H](C)CC)C(C)C. The van der Waals surface area contributed by atoms with E-state index in [-0.39, 0.29) is 36.8 Å². The maximum absolute atomic E-state index is 14.3. The highest BCUT2D eigenvalue weighted by Crippen LogP contribution is 2.16. The van der Waals surface area contributed by atoms with Gasteiger partial charge in [-0.15, -0.1) is 0 Å². The number of hydrogen-bond donors (Lipinski definition) is 16. The molecule has 0 saturated heterocycles. The number of aliphatic carboxylic acids is 2. The number of primary amides is 2. The Kier molecular flexibility index (Phi) is 30.9.